The maximum absolute atomic E-state index is 11.1. The average molecular weight is 290 g/mol. The molecule has 0 unspecified atom stereocenters. The van der Waals surface area contributed by atoms with Crippen LogP contribution >= 0.6 is 0 Å². The van der Waals surface area contributed by atoms with Crippen LogP contribution in [0.5, 0.6) is 5.75 Å². The molecule has 1 heterocycles. The molecular formula is C17H26N2O2. The molecule has 0 aromatic heterocycles. The van der Waals surface area contributed by atoms with Crippen molar-refractivity contribution >= 4 is 5.97 Å². The van der Waals surface area contributed by atoms with Gasteiger partial charge in [0.15, 0.2) is 0 Å². The Balaban J connectivity index is 2.20. The lowest BCUT2D eigenvalue weighted by molar-refractivity contribution is -0.131. The van der Waals surface area contributed by atoms with Gasteiger partial charge in [0.05, 0.1) is 0 Å². The summed E-state index contributed by atoms with van der Waals surface area (Å²) in [5.41, 5.74) is 1.24. The standard InChI is InChI=1S/C17H26N2O2/c1-13(2)11-17(19-9-7-18-8-10-19)15-5-4-6-16(12-15)21-14(3)20/h4-6,12-13,17-18H,7-11H2,1-3H3/t17-/m0/s1. The minimum Gasteiger partial charge on any atom is -0.427 e. The summed E-state index contributed by atoms with van der Waals surface area (Å²) in [6, 6.07) is 8.36. The molecule has 1 aromatic rings. The van der Waals surface area contributed by atoms with Crippen molar-refractivity contribution in [1.82, 2.24) is 10.2 Å². The van der Waals surface area contributed by atoms with Crippen molar-refractivity contribution in [1.29, 1.82) is 0 Å². The monoisotopic (exact) mass is 290 g/mol. The third-order valence-corrected chi connectivity index (χ3v) is 3.79. The van der Waals surface area contributed by atoms with Crippen LogP contribution in [-0.2, 0) is 4.79 Å². The van der Waals surface area contributed by atoms with Gasteiger partial charge in [-0.15, -0.1) is 0 Å². The predicted molar refractivity (Wildman–Crippen MR) is 84.4 cm³/mol. The van der Waals surface area contributed by atoms with Gasteiger partial charge in [-0.1, -0.05) is 26.0 Å². The second-order valence-electron chi connectivity index (χ2n) is 6.10. The smallest absolute Gasteiger partial charge is 0.308 e. The zero-order valence-corrected chi connectivity index (χ0v) is 13.3. The fraction of sp³-hybridized carbons (Fsp3) is 0.588. The summed E-state index contributed by atoms with van der Waals surface area (Å²) >= 11 is 0. The summed E-state index contributed by atoms with van der Waals surface area (Å²) in [6.45, 7) is 10.2. The number of carbonyl (C=O) groups is 1. The van der Waals surface area contributed by atoms with E-state index in [4.69, 9.17) is 4.74 Å². The van der Waals surface area contributed by atoms with Crippen LogP contribution in [0.15, 0.2) is 24.3 Å². The average Bonchev–Trinajstić information content (AvgIpc) is 2.45. The highest BCUT2D eigenvalue weighted by molar-refractivity contribution is 5.69. The molecule has 1 atom stereocenters. The van der Waals surface area contributed by atoms with Gasteiger partial charge in [-0.05, 0) is 30.0 Å². The van der Waals surface area contributed by atoms with Gasteiger partial charge in [0.1, 0.15) is 5.75 Å². The van der Waals surface area contributed by atoms with Crippen molar-refractivity contribution < 1.29 is 9.53 Å². The van der Waals surface area contributed by atoms with E-state index in [1.807, 2.05) is 18.2 Å². The van der Waals surface area contributed by atoms with E-state index in [0.29, 0.717) is 17.7 Å². The van der Waals surface area contributed by atoms with Gasteiger partial charge in [0, 0.05) is 39.1 Å². The SMILES string of the molecule is CC(=O)Oc1cccc([C@H](CC(C)C)N2CCNCC2)c1. The molecule has 4 heteroatoms. The summed E-state index contributed by atoms with van der Waals surface area (Å²) in [5, 5.41) is 3.40. The summed E-state index contributed by atoms with van der Waals surface area (Å²) in [6.07, 6.45) is 1.11. The first kappa shape index (κ1) is 16.0. The third-order valence-electron chi connectivity index (χ3n) is 3.79. The second-order valence-corrected chi connectivity index (χ2v) is 6.10. The molecule has 2 rings (SSSR count). The molecule has 1 N–H and O–H groups in total. The molecule has 4 nitrogen and oxygen atoms in total. The van der Waals surface area contributed by atoms with Gasteiger partial charge in [0.25, 0.3) is 0 Å². The first-order chi connectivity index (χ1) is 10.1. The number of rotatable bonds is 5. The predicted octanol–water partition coefficient (Wildman–Crippen LogP) is 2.60. The van der Waals surface area contributed by atoms with Crippen LogP contribution in [0.2, 0.25) is 0 Å². The molecule has 1 aliphatic heterocycles. The van der Waals surface area contributed by atoms with E-state index in [1.54, 1.807) is 0 Å². The molecule has 0 spiro atoms. The van der Waals surface area contributed by atoms with E-state index in [9.17, 15) is 4.79 Å². The molecule has 1 aliphatic rings. The highest BCUT2D eigenvalue weighted by Gasteiger charge is 2.23. The molecule has 116 valence electrons. The van der Waals surface area contributed by atoms with Gasteiger partial charge in [-0.25, -0.2) is 0 Å². The van der Waals surface area contributed by atoms with Crippen molar-refractivity contribution in [2.75, 3.05) is 26.2 Å². The number of hydrogen-bond donors (Lipinski definition) is 1. The van der Waals surface area contributed by atoms with Crippen LogP contribution in [0.25, 0.3) is 0 Å². The van der Waals surface area contributed by atoms with Crippen molar-refractivity contribution in [3.63, 3.8) is 0 Å². The second kappa shape index (κ2) is 7.57. The van der Waals surface area contributed by atoms with Crippen LogP contribution in [0.1, 0.15) is 38.8 Å². The minimum absolute atomic E-state index is 0.269. The van der Waals surface area contributed by atoms with Crippen LogP contribution in [0.4, 0.5) is 0 Å². The van der Waals surface area contributed by atoms with Gasteiger partial charge >= 0.3 is 5.97 Å². The molecule has 1 fully saturated rings. The fourth-order valence-corrected chi connectivity index (χ4v) is 2.89. The molecule has 0 saturated carbocycles. The maximum Gasteiger partial charge on any atom is 0.308 e. The summed E-state index contributed by atoms with van der Waals surface area (Å²) in [5.74, 6) is 1.00. The number of benzene rings is 1. The van der Waals surface area contributed by atoms with Gasteiger partial charge in [-0.2, -0.15) is 0 Å². The van der Waals surface area contributed by atoms with E-state index < -0.39 is 0 Å². The van der Waals surface area contributed by atoms with Gasteiger partial charge < -0.3 is 10.1 Å². The molecule has 21 heavy (non-hydrogen) atoms. The maximum atomic E-state index is 11.1. The van der Waals surface area contributed by atoms with Crippen LogP contribution in [0.3, 0.4) is 0 Å². The number of carbonyl (C=O) groups excluding carboxylic acids is 1. The quantitative estimate of drug-likeness (QED) is 0.668. The van der Waals surface area contributed by atoms with Gasteiger partial charge in [0.2, 0.25) is 0 Å². The van der Waals surface area contributed by atoms with Crippen molar-refractivity contribution in [3.05, 3.63) is 29.8 Å². The molecule has 1 aromatic carbocycles. The first-order valence-corrected chi connectivity index (χ1v) is 7.79. The fourth-order valence-electron chi connectivity index (χ4n) is 2.89. The van der Waals surface area contributed by atoms with Crippen LogP contribution < -0.4 is 10.1 Å². The number of piperazine rings is 1. The molecule has 1 saturated heterocycles. The number of ether oxygens (including phenoxy) is 1. The topological polar surface area (TPSA) is 41.6 Å². The number of hydrogen-bond acceptors (Lipinski definition) is 4. The van der Waals surface area contributed by atoms with E-state index in [-0.39, 0.29) is 5.97 Å². The lowest BCUT2D eigenvalue weighted by Gasteiger charge is -2.36. The molecular weight excluding hydrogens is 264 g/mol. The largest absolute Gasteiger partial charge is 0.427 e. The molecule has 0 radical (unpaired) electrons. The van der Waals surface area contributed by atoms with E-state index in [2.05, 4.69) is 30.1 Å². The Labute approximate surface area is 127 Å². The van der Waals surface area contributed by atoms with Crippen molar-refractivity contribution in [3.8, 4) is 5.75 Å². The summed E-state index contributed by atoms with van der Waals surface area (Å²) < 4.78 is 5.23. The van der Waals surface area contributed by atoms with E-state index in [1.165, 1.54) is 12.5 Å². The van der Waals surface area contributed by atoms with E-state index >= 15 is 0 Å². The normalized spacial score (nSPS) is 17.7. The Morgan fingerprint density at radius 3 is 2.67 bits per heavy atom. The van der Waals surface area contributed by atoms with Crippen molar-refractivity contribution in [2.24, 2.45) is 5.92 Å². The third kappa shape index (κ3) is 4.83. The summed E-state index contributed by atoms with van der Waals surface area (Å²) in [7, 11) is 0. The van der Waals surface area contributed by atoms with Crippen LogP contribution in [0, 0.1) is 5.92 Å². The highest BCUT2D eigenvalue weighted by atomic mass is 16.5. The lowest BCUT2D eigenvalue weighted by atomic mass is 9.95. The van der Waals surface area contributed by atoms with Crippen LogP contribution in [-0.4, -0.2) is 37.0 Å². The Bertz CT molecular complexity index is 468. The zero-order chi connectivity index (χ0) is 15.2. The van der Waals surface area contributed by atoms with E-state index in [0.717, 1.165) is 32.6 Å². The zero-order valence-electron chi connectivity index (χ0n) is 13.3. The molecule has 0 amide bonds. The number of nitrogens with one attached hydrogen (secondary N) is 1. The lowest BCUT2D eigenvalue weighted by Crippen LogP contribution is -2.45. The number of nitrogens with zero attached hydrogens (tertiary/aromatic N) is 1. The minimum atomic E-state index is -0.269. The molecule has 0 bridgehead atoms. The Hall–Kier alpha value is -1.39. The number of esters is 1. The Morgan fingerprint density at radius 2 is 2.05 bits per heavy atom. The Morgan fingerprint density at radius 1 is 1.33 bits per heavy atom. The highest BCUT2D eigenvalue weighted by Crippen LogP contribution is 2.30. The summed E-state index contributed by atoms with van der Waals surface area (Å²) in [4.78, 5) is 13.7. The van der Waals surface area contributed by atoms with Gasteiger partial charge in [-0.3, -0.25) is 9.69 Å². The first-order valence-electron chi connectivity index (χ1n) is 7.79. The molecule has 0 aliphatic carbocycles. The Kier molecular flexibility index (Phi) is 5.76. The van der Waals surface area contributed by atoms with Crippen molar-refractivity contribution in [2.45, 2.75) is 33.2 Å².